The highest BCUT2D eigenvalue weighted by Crippen LogP contribution is 2.18. The molecule has 0 spiro atoms. The molecule has 0 saturated carbocycles. The summed E-state index contributed by atoms with van der Waals surface area (Å²) in [5.74, 6) is 0.675. The zero-order chi connectivity index (χ0) is 16.4. The molecule has 116 valence electrons. The van der Waals surface area contributed by atoms with Gasteiger partial charge in [-0.2, -0.15) is 0 Å². The van der Waals surface area contributed by atoms with Crippen LogP contribution in [0.25, 0.3) is 22.9 Å². The lowest BCUT2D eigenvalue weighted by molar-refractivity contribution is 0.414. The molecular formula is C18H16N2O3. The largest absolute Gasteiger partial charge is 0.507 e. The normalized spacial score (nSPS) is 11.7. The fourth-order valence-corrected chi connectivity index (χ4v) is 2.37. The Morgan fingerprint density at radius 1 is 1.17 bits per heavy atom. The van der Waals surface area contributed by atoms with Crippen LogP contribution in [0.2, 0.25) is 0 Å². The Kier molecular flexibility index (Phi) is 3.85. The van der Waals surface area contributed by atoms with Crippen molar-refractivity contribution in [3.63, 3.8) is 0 Å². The first-order chi connectivity index (χ1) is 11.1. The predicted octanol–water partition coefficient (Wildman–Crippen LogP) is 3.00. The molecule has 1 N–H and O–H groups in total. The number of ether oxygens (including phenoxy) is 1. The maximum atomic E-state index is 12.4. The second kappa shape index (κ2) is 5.96. The van der Waals surface area contributed by atoms with Crippen LogP contribution in [-0.4, -0.2) is 21.8 Å². The zero-order valence-corrected chi connectivity index (χ0v) is 12.9. The summed E-state index contributed by atoms with van der Waals surface area (Å²) in [6.07, 6.45) is 1.39. The van der Waals surface area contributed by atoms with Crippen LogP contribution >= 0.6 is 0 Å². The van der Waals surface area contributed by atoms with Crippen molar-refractivity contribution in [2.45, 2.75) is 0 Å². The molecule has 3 rings (SSSR count). The first-order valence-electron chi connectivity index (χ1n) is 7.11. The summed E-state index contributed by atoms with van der Waals surface area (Å²) in [6, 6.07) is 14.3. The van der Waals surface area contributed by atoms with Crippen molar-refractivity contribution >= 4 is 22.9 Å². The van der Waals surface area contributed by atoms with Crippen molar-refractivity contribution in [3.8, 4) is 5.75 Å². The number of methoxy groups -OCH3 is 1. The molecule has 0 radical (unpaired) electrons. The molecule has 0 saturated heterocycles. The average Bonchev–Trinajstić information content (AvgIpc) is 2.59. The first-order valence-corrected chi connectivity index (χ1v) is 7.11. The highest BCUT2D eigenvalue weighted by atomic mass is 16.5. The molecule has 23 heavy (non-hydrogen) atoms. The minimum absolute atomic E-state index is 0.0208. The minimum Gasteiger partial charge on any atom is -0.507 e. The number of aromatic nitrogens is 2. The van der Waals surface area contributed by atoms with E-state index in [1.807, 2.05) is 24.3 Å². The minimum atomic E-state index is -0.260. The van der Waals surface area contributed by atoms with Crippen LogP contribution in [0.3, 0.4) is 0 Å². The van der Waals surface area contributed by atoms with Crippen molar-refractivity contribution in [1.82, 2.24) is 9.55 Å². The molecule has 1 heterocycles. The van der Waals surface area contributed by atoms with Crippen molar-refractivity contribution in [2.75, 3.05) is 7.11 Å². The van der Waals surface area contributed by atoms with Gasteiger partial charge >= 0.3 is 0 Å². The fourth-order valence-electron chi connectivity index (χ4n) is 2.37. The van der Waals surface area contributed by atoms with Crippen LogP contribution in [0.4, 0.5) is 0 Å². The zero-order valence-electron chi connectivity index (χ0n) is 12.9. The fraction of sp³-hybridized carbons (Fsp3) is 0.111. The quantitative estimate of drug-likeness (QED) is 0.755. The van der Waals surface area contributed by atoms with E-state index in [9.17, 15) is 9.90 Å². The average molecular weight is 308 g/mol. The molecule has 2 aromatic carbocycles. The highest BCUT2D eigenvalue weighted by Gasteiger charge is 2.08. The molecule has 0 atom stereocenters. The molecule has 0 aliphatic heterocycles. The Morgan fingerprint density at radius 2 is 1.87 bits per heavy atom. The smallest absolute Gasteiger partial charge is 0.276 e. The maximum Gasteiger partial charge on any atom is 0.276 e. The molecule has 0 aliphatic carbocycles. The van der Waals surface area contributed by atoms with E-state index in [0.717, 1.165) is 5.52 Å². The maximum absolute atomic E-state index is 12.4. The van der Waals surface area contributed by atoms with E-state index in [2.05, 4.69) is 4.98 Å². The second-order valence-electron chi connectivity index (χ2n) is 5.11. The molecule has 0 aliphatic rings. The van der Waals surface area contributed by atoms with Crippen molar-refractivity contribution in [1.29, 1.82) is 0 Å². The summed E-state index contributed by atoms with van der Waals surface area (Å²) in [4.78, 5) is 16.7. The molecule has 0 amide bonds. The van der Waals surface area contributed by atoms with E-state index in [0.29, 0.717) is 16.8 Å². The Morgan fingerprint density at radius 3 is 2.57 bits per heavy atom. The van der Waals surface area contributed by atoms with Gasteiger partial charge < -0.3 is 14.4 Å². The molecule has 0 bridgehead atoms. The van der Waals surface area contributed by atoms with Crippen LogP contribution in [-0.2, 0) is 7.05 Å². The van der Waals surface area contributed by atoms with Crippen molar-refractivity contribution in [3.05, 3.63) is 70.1 Å². The highest BCUT2D eigenvalue weighted by molar-refractivity contribution is 5.79. The summed E-state index contributed by atoms with van der Waals surface area (Å²) in [7, 11) is 3.27. The lowest BCUT2D eigenvalue weighted by atomic mass is 10.1. The van der Waals surface area contributed by atoms with Gasteiger partial charge in [0.2, 0.25) is 0 Å². The van der Waals surface area contributed by atoms with E-state index in [1.54, 1.807) is 38.4 Å². The van der Waals surface area contributed by atoms with Gasteiger partial charge in [-0.15, -0.1) is 0 Å². The molecular weight excluding hydrogens is 292 g/mol. The van der Waals surface area contributed by atoms with E-state index in [1.165, 1.54) is 10.6 Å². The van der Waals surface area contributed by atoms with Gasteiger partial charge in [-0.1, -0.05) is 12.1 Å². The van der Waals surface area contributed by atoms with Gasteiger partial charge in [-0.05, 0) is 36.4 Å². The summed E-state index contributed by atoms with van der Waals surface area (Å²) in [6.45, 7) is 0. The van der Waals surface area contributed by atoms with Gasteiger partial charge in [-0.3, -0.25) is 4.79 Å². The van der Waals surface area contributed by atoms with Gasteiger partial charge in [-0.25, -0.2) is 4.98 Å². The number of benzene rings is 2. The SMILES string of the molecule is COc1ccc(/C(O)=C/c2nc3ccccc3n(C)c2=O)cc1. The van der Waals surface area contributed by atoms with Crippen molar-refractivity contribution < 1.29 is 9.84 Å². The molecule has 3 aromatic rings. The standard InChI is InChI=1S/C18H16N2O3/c1-20-16-6-4-3-5-14(16)19-15(18(20)22)11-17(21)12-7-9-13(23-2)10-8-12/h3-11,21H,1-2H3/b17-11-. The Balaban J connectivity index is 2.08. The number of aryl methyl sites for hydroxylation is 1. The molecule has 0 unspecified atom stereocenters. The summed E-state index contributed by atoms with van der Waals surface area (Å²) >= 11 is 0. The lowest BCUT2D eigenvalue weighted by Gasteiger charge is -2.06. The molecule has 5 nitrogen and oxygen atoms in total. The van der Waals surface area contributed by atoms with Gasteiger partial charge in [0.15, 0.2) is 0 Å². The van der Waals surface area contributed by atoms with E-state index in [4.69, 9.17) is 4.74 Å². The third-order valence-electron chi connectivity index (χ3n) is 3.67. The first kappa shape index (κ1) is 14.8. The number of aliphatic hydroxyl groups is 1. The van der Waals surface area contributed by atoms with Gasteiger partial charge in [0.05, 0.1) is 18.1 Å². The van der Waals surface area contributed by atoms with Crippen LogP contribution in [0.15, 0.2) is 53.3 Å². The van der Waals surface area contributed by atoms with Crippen LogP contribution in [0.1, 0.15) is 11.3 Å². The summed E-state index contributed by atoms with van der Waals surface area (Å²) in [5.41, 5.74) is 1.97. The van der Waals surface area contributed by atoms with E-state index >= 15 is 0 Å². The topological polar surface area (TPSA) is 64.3 Å². The van der Waals surface area contributed by atoms with Gasteiger partial charge in [0, 0.05) is 18.7 Å². The van der Waals surface area contributed by atoms with Crippen molar-refractivity contribution in [2.24, 2.45) is 7.05 Å². The lowest BCUT2D eigenvalue weighted by Crippen LogP contribution is -2.21. The Labute approximate surface area is 133 Å². The monoisotopic (exact) mass is 308 g/mol. The summed E-state index contributed by atoms with van der Waals surface area (Å²) in [5, 5.41) is 10.3. The number of aliphatic hydroxyl groups excluding tert-OH is 1. The number of para-hydroxylation sites is 2. The number of hydrogen-bond donors (Lipinski definition) is 1. The number of nitrogens with zero attached hydrogens (tertiary/aromatic N) is 2. The van der Waals surface area contributed by atoms with Gasteiger partial charge in [0.25, 0.3) is 5.56 Å². The third kappa shape index (κ3) is 2.81. The third-order valence-corrected chi connectivity index (χ3v) is 3.67. The van der Waals surface area contributed by atoms with Crippen LogP contribution in [0.5, 0.6) is 5.75 Å². The van der Waals surface area contributed by atoms with Crippen LogP contribution < -0.4 is 10.3 Å². The number of rotatable bonds is 3. The molecule has 1 aromatic heterocycles. The molecule has 0 fully saturated rings. The number of fused-ring (bicyclic) bond motifs is 1. The van der Waals surface area contributed by atoms with E-state index < -0.39 is 0 Å². The van der Waals surface area contributed by atoms with Crippen LogP contribution in [0, 0.1) is 0 Å². The number of hydrogen-bond acceptors (Lipinski definition) is 4. The van der Waals surface area contributed by atoms with Gasteiger partial charge in [0.1, 0.15) is 17.2 Å². The predicted molar refractivity (Wildman–Crippen MR) is 90.5 cm³/mol. The Hall–Kier alpha value is -3.08. The summed E-state index contributed by atoms with van der Waals surface area (Å²) < 4.78 is 6.61. The molecule has 5 heteroatoms. The Bertz CT molecular complexity index is 941. The second-order valence-corrected chi connectivity index (χ2v) is 5.11. The van der Waals surface area contributed by atoms with E-state index in [-0.39, 0.29) is 17.0 Å².